The van der Waals surface area contributed by atoms with E-state index < -0.39 is 0 Å². The van der Waals surface area contributed by atoms with E-state index in [1.807, 2.05) is 0 Å². The molecule has 0 aliphatic heterocycles. The molecule has 19 heavy (non-hydrogen) atoms. The number of rotatable bonds is 11. The fourth-order valence-corrected chi connectivity index (χ4v) is 3.31. The topological polar surface area (TPSA) is 35.5 Å². The lowest BCUT2D eigenvalue weighted by atomic mass is 9.85. The Morgan fingerprint density at radius 3 is 2.42 bits per heavy atom. The quantitative estimate of drug-likeness (QED) is 0.567. The summed E-state index contributed by atoms with van der Waals surface area (Å²) in [4.78, 5) is 2.49. The van der Waals surface area contributed by atoms with Crippen molar-refractivity contribution in [2.24, 2.45) is 5.41 Å². The van der Waals surface area contributed by atoms with Crippen LogP contribution in [0.2, 0.25) is 0 Å². The van der Waals surface area contributed by atoms with E-state index in [0.29, 0.717) is 12.0 Å². The number of unbranched alkanes of at least 4 members (excludes halogenated alkanes) is 1. The molecule has 1 rings (SSSR count). The van der Waals surface area contributed by atoms with Gasteiger partial charge in [-0.15, -0.1) is 0 Å². The van der Waals surface area contributed by atoms with E-state index in [0.717, 1.165) is 26.2 Å². The molecular formula is C16H34N2O. The second kappa shape index (κ2) is 9.73. The van der Waals surface area contributed by atoms with Crippen LogP contribution in [0.15, 0.2) is 0 Å². The molecule has 0 bridgehead atoms. The van der Waals surface area contributed by atoms with Gasteiger partial charge in [0.05, 0.1) is 6.61 Å². The average molecular weight is 270 g/mol. The molecule has 2 N–H and O–H groups in total. The molecule has 0 atom stereocenters. The third-order valence-electron chi connectivity index (χ3n) is 4.39. The molecule has 0 unspecified atom stereocenters. The Morgan fingerprint density at radius 1 is 1.11 bits per heavy atom. The van der Waals surface area contributed by atoms with Crippen molar-refractivity contribution in [3.05, 3.63) is 0 Å². The third kappa shape index (κ3) is 6.24. The van der Waals surface area contributed by atoms with E-state index in [1.165, 1.54) is 51.5 Å². The monoisotopic (exact) mass is 270 g/mol. The van der Waals surface area contributed by atoms with Crippen molar-refractivity contribution in [3.63, 3.8) is 0 Å². The molecule has 0 saturated heterocycles. The summed E-state index contributed by atoms with van der Waals surface area (Å²) in [6, 6.07) is 0. The maximum atomic E-state index is 9.25. The predicted octanol–water partition coefficient (Wildman–Crippen LogP) is 2.64. The van der Waals surface area contributed by atoms with E-state index in [4.69, 9.17) is 0 Å². The first-order valence-electron chi connectivity index (χ1n) is 8.30. The summed E-state index contributed by atoms with van der Waals surface area (Å²) in [5.74, 6) is 0. The molecule has 0 aromatic rings. The highest BCUT2D eigenvalue weighted by molar-refractivity contribution is 4.89. The second-order valence-corrected chi connectivity index (χ2v) is 6.24. The van der Waals surface area contributed by atoms with Crippen LogP contribution in [0.1, 0.15) is 58.8 Å². The van der Waals surface area contributed by atoms with Crippen LogP contribution in [0.5, 0.6) is 0 Å². The van der Waals surface area contributed by atoms with Crippen LogP contribution in [-0.2, 0) is 0 Å². The van der Waals surface area contributed by atoms with Crippen LogP contribution in [0.4, 0.5) is 0 Å². The molecule has 1 aliphatic rings. The van der Waals surface area contributed by atoms with Crippen molar-refractivity contribution in [3.8, 4) is 0 Å². The summed E-state index contributed by atoms with van der Waals surface area (Å²) < 4.78 is 0. The van der Waals surface area contributed by atoms with Gasteiger partial charge in [0.2, 0.25) is 0 Å². The van der Waals surface area contributed by atoms with Crippen molar-refractivity contribution in [1.29, 1.82) is 0 Å². The lowest BCUT2D eigenvalue weighted by molar-refractivity contribution is 0.123. The highest BCUT2D eigenvalue weighted by Crippen LogP contribution is 2.38. The van der Waals surface area contributed by atoms with Crippen LogP contribution >= 0.6 is 0 Å². The minimum atomic E-state index is 0.294. The fraction of sp³-hybridized carbons (Fsp3) is 1.00. The van der Waals surface area contributed by atoms with Gasteiger partial charge in [-0.2, -0.15) is 0 Å². The third-order valence-corrected chi connectivity index (χ3v) is 4.39. The Labute approximate surface area is 119 Å². The first-order valence-corrected chi connectivity index (χ1v) is 8.30. The summed E-state index contributed by atoms with van der Waals surface area (Å²) in [5, 5.41) is 12.9. The summed E-state index contributed by atoms with van der Waals surface area (Å²) in [6.45, 7) is 10.2. The van der Waals surface area contributed by atoms with Crippen molar-refractivity contribution >= 4 is 0 Å². The fourth-order valence-electron chi connectivity index (χ4n) is 3.31. The molecule has 0 aromatic heterocycles. The van der Waals surface area contributed by atoms with Gasteiger partial charge in [0.25, 0.3) is 0 Å². The Balaban J connectivity index is 2.48. The zero-order valence-corrected chi connectivity index (χ0v) is 13.1. The largest absolute Gasteiger partial charge is 0.395 e. The van der Waals surface area contributed by atoms with E-state index in [-0.39, 0.29) is 0 Å². The molecule has 3 nitrogen and oxygen atoms in total. The van der Waals surface area contributed by atoms with Gasteiger partial charge in [0, 0.05) is 19.6 Å². The molecular weight excluding hydrogens is 236 g/mol. The maximum absolute atomic E-state index is 9.25. The van der Waals surface area contributed by atoms with E-state index in [9.17, 15) is 5.11 Å². The normalized spacial score (nSPS) is 18.3. The smallest absolute Gasteiger partial charge is 0.0558 e. The molecule has 3 heteroatoms. The molecule has 0 aromatic carbocycles. The van der Waals surface area contributed by atoms with Gasteiger partial charge in [-0.3, -0.25) is 0 Å². The maximum Gasteiger partial charge on any atom is 0.0558 e. The Hall–Kier alpha value is -0.120. The second-order valence-electron chi connectivity index (χ2n) is 6.24. The molecule has 0 spiro atoms. The predicted molar refractivity (Wildman–Crippen MR) is 82.5 cm³/mol. The standard InChI is InChI=1S/C16H34N2O/c1-3-5-11-18(12-13-19)15-16(8-6-7-9-16)14-17-10-4-2/h17,19H,3-15H2,1-2H3. The minimum Gasteiger partial charge on any atom is -0.395 e. The van der Waals surface area contributed by atoms with Crippen molar-refractivity contribution in [1.82, 2.24) is 10.2 Å². The zero-order chi connectivity index (χ0) is 14.0. The number of aliphatic hydroxyl groups excluding tert-OH is 1. The Morgan fingerprint density at radius 2 is 1.84 bits per heavy atom. The number of aliphatic hydroxyl groups is 1. The lowest BCUT2D eigenvalue weighted by Crippen LogP contribution is -2.44. The Bertz CT molecular complexity index is 215. The zero-order valence-electron chi connectivity index (χ0n) is 13.1. The van der Waals surface area contributed by atoms with E-state index in [1.54, 1.807) is 0 Å². The van der Waals surface area contributed by atoms with E-state index >= 15 is 0 Å². The van der Waals surface area contributed by atoms with Crippen molar-refractivity contribution in [2.45, 2.75) is 58.8 Å². The lowest BCUT2D eigenvalue weighted by Gasteiger charge is -2.35. The van der Waals surface area contributed by atoms with Crippen LogP contribution in [0.3, 0.4) is 0 Å². The van der Waals surface area contributed by atoms with E-state index in [2.05, 4.69) is 24.1 Å². The molecule has 114 valence electrons. The van der Waals surface area contributed by atoms with Gasteiger partial charge in [0.15, 0.2) is 0 Å². The van der Waals surface area contributed by atoms with Crippen LogP contribution in [0.25, 0.3) is 0 Å². The summed E-state index contributed by atoms with van der Waals surface area (Å²) in [6.07, 6.45) is 9.19. The van der Waals surface area contributed by atoms with Crippen LogP contribution in [-0.4, -0.2) is 49.3 Å². The molecule has 1 fully saturated rings. The molecule has 1 saturated carbocycles. The van der Waals surface area contributed by atoms with Crippen LogP contribution < -0.4 is 5.32 Å². The summed E-state index contributed by atoms with van der Waals surface area (Å²) in [7, 11) is 0. The number of nitrogens with one attached hydrogen (secondary N) is 1. The molecule has 0 amide bonds. The van der Waals surface area contributed by atoms with Gasteiger partial charge in [-0.1, -0.05) is 33.1 Å². The highest BCUT2D eigenvalue weighted by atomic mass is 16.3. The first kappa shape index (κ1) is 16.9. The Kier molecular flexibility index (Phi) is 8.67. The van der Waals surface area contributed by atoms with Gasteiger partial charge >= 0.3 is 0 Å². The first-order chi connectivity index (χ1) is 9.26. The van der Waals surface area contributed by atoms with Gasteiger partial charge in [-0.25, -0.2) is 0 Å². The SMILES string of the molecule is CCCCN(CCO)CC1(CNCCC)CCCC1. The number of hydrogen-bond donors (Lipinski definition) is 2. The average Bonchev–Trinajstić information content (AvgIpc) is 2.85. The number of nitrogens with zero attached hydrogens (tertiary/aromatic N) is 1. The minimum absolute atomic E-state index is 0.294. The van der Waals surface area contributed by atoms with Crippen LogP contribution in [0, 0.1) is 5.41 Å². The van der Waals surface area contributed by atoms with Crippen molar-refractivity contribution in [2.75, 3.05) is 39.3 Å². The molecule has 0 radical (unpaired) electrons. The molecule has 0 heterocycles. The van der Waals surface area contributed by atoms with Crippen molar-refractivity contribution < 1.29 is 5.11 Å². The number of hydrogen-bond acceptors (Lipinski definition) is 3. The van der Waals surface area contributed by atoms with Gasteiger partial charge < -0.3 is 15.3 Å². The highest BCUT2D eigenvalue weighted by Gasteiger charge is 2.34. The summed E-state index contributed by atoms with van der Waals surface area (Å²) in [5.41, 5.74) is 0.470. The van der Waals surface area contributed by atoms with Gasteiger partial charge in [0.1, 0.15) is 0 Å². The molecule has 1 aliphatic carbocycles. The summed E-state index contributed by atoms with van der Waals surface area (Å²) >= 11 is 0. The van der Waals surface area contributed by atoms with Gasteiger partial charge in [-0.05, 0) is 44.2 Å².